The second-order valence-corrected chi connectivity index (χ2v) is 10.9. The number of nitrogens with zero attached hydrogens (tertiary/aromatic N) is 3. The smallest absolute Gasteiger partial charge is 0.254 e. The van der Waals surface area contributed by atoms with Gasteiger partial charge in [-0.25, -0.2) is 17.8 Å². The van der Waals surface area contributed by atoms with Crippen molar-refractivity contribution in [3.05, 3.63) is 83.4 Å². The summed E-state index contributed by atoms with van der Waals surface area (Å²) in [7, 11) is -3.84. The van der Waals surface area contributed by atoms with Crippen molar-refractivity contribution in [1.82, 2.24) is 14.5 Å². The maximum Gasteiger partial charge on any atom is 0.254 e. The predicted octanol–water partition coefficient (Wildman–Crippen LogP) is 4.23. The fourth-order valence-electron chi connectivity index (χ4n) is 4.23. The number of benzene rings is 2. The number of carbonyl (C=O) groups is 1. The van der Waals surface area contributed by atoms with Gasteiger partial charge in [-0.2, -0.15) is 0 Å². The lowest BCUT2D eigenvalue weighted by Crippen LogP contribution is -2.37. The summed E-state index contributed by atoms with van der Waals surface area (Å²) < 4.78 is 47.5. The summed E-state index contributed by atoms with van der Waals surface area (Å²) in [6, 6.07) is 14.3. The number of halogens is 1. The zero-order valence-corrected chi connectivity index (χ0v) is 20.7. The molecular weight excluding hydrogens is 469 g/mol. The Morgan fingerprint density at radius 3 is 2.51 bits per heavy atom. The van der Waals surface area contributed by atoms with Crippen molar-refractivity contribution in [3.8, 4) is 0 Å². The van der Waals surface area contributed by atoms with Gasteiger partial charge in [0.2, 0.25) is 15.0 Å². The van der Waals surface area contributed by atoms with E-state index in [0.29, 0.717) is 30.0 Å². The van der Waals surface area contributed by atoms with E-state index in [4.69, 9.17) is 4.74 Å². The Labute approximate surface area is 205 Å². The van der Waals surface area contributed by atoms with Crippen molar-refractivity contribution < 1.29 is 22.3 Å². The van der Waals surface area contributed by atoms with Gasteiger partial charge in [-0.05, 0) is 56.5 Å². The third-order valence-electron chi connectivity index (χ3n) is 6.10. The zero-order chi connectivity index (χ0) is 25.0. The number of aromatic nitrogens is 2. The van der Waals surface area contributed by atoms with E-state index in [9.17, 15) is 17.6 Å². The molecule has 186 valence electrons. The maximum absolute atomic E-state index is 13.4. The molecular formula is C26H30FN3O4S. The fraction of sp³-hybridized carbons (Fsp3) is 0.385. The molecule has 1 aliphatic heterocycles. The lowest BCUT2D eigenvalue weighted by molar-refractivity contribution is 0.0678. The van der Waals surface area contributed by atoms with Crippen LogP contribution in [0.25, 0.3) is 0 Å². The lowest BCUT2D eigenvalue weighted by Gasteiger charge is -2.28. The summed E-state index contributed by atoms with van der Waals surface area (Å²) in [5.41, 5.74) is 1.66. The number of carbonyl (C=O) groups excluding carboxylic acids is 1. The van der Waals surface area contributed by atoms with Gasteiger partial charge in [-0.15, -0.1) is 0 Å². The molecule has 2 heterocycles. The van der Waals surface area contributed by atoms with E-state index < -0.39 is 15.7 Å². The van der Waals surface area contributed by atoms with Crippen molar-refractivity contribution in [1.29, 1.82) is 0 Å². The topological polar surface area (TPSA) is 81.5 Å². The van der Waals surface area contributed by atoms with Gasteiger partial charge in [-0.3, -0.25) is 4.79 Å². The monoisotopic (exact) mass is 499 g/mol. The van der Waals surface area contributed by atoms with Gasteiger partial charge in [0.15, 0.2) is 0 Å². The number of imidazole rings is 1. The Morgan fingerprint density at radius 1 is 1.17 bits per heavy atom. The average molecular weight is 500 g/mol. The first-order chi connectivity index (χ1) is 16.7. The minimum Gasteiger partial charge on any atom is -0.376 e. The van der Waals surface area contributed by atoms with Crippen molar-refractivity contribution in [3.63, 3.8) is 0 Å². The Hall–Kier alpha value is -3.04. The molecule has 1 fully saturated rings. The molecule has 0 saturated carbocycles. The number of amides is 1. The highest BCUT2D eigenvalue weighted by atomic mass is 32.2. The molecule has 0 spiro atoms. The van der Waals surface area contributed by atoms with Crippen LogP contribution in [-0.2, 0) is 33.4 Å². The molecule has 0 unspecified atom stereocenters. The summed E-state index contributed by atoms with van der Waals surface area (Å²) in [6.07, 6.45) is 3.14. The molecule has 9 heteroatoms. The molecule has 0 N–H and O–H groups in total. The largest absolute Gasteiger partial charge is 0.376 e. The van der Waals surface area contributed by atoms with Crippen LogP contribution in [-0.4, -0.2) is 47.5 Å². The molecule has 0 aliphatic carbocycles. The average Bonchev–Trinajstić information content (AvgIpc) is 3.49. The minimum absolute atomic E-state index is 0.0665. The number of ether oxygens (including phenoxy) is 1. The van der Waals surface area contributed by atoms with E-state index >= 15 is 0 Å². The van der Waals surface area contributed by atoms with E-state index in [-0.39, 0.29) is 35.5 Å². The van der Waals surface area contributed by atoms with Crippen LogP contribution in [0.3, 0.4) is 0 Å². The van der Waals surface area contributed by atoms with Crippen LogP contribution in [0.1, 0.15) is 48.3 Å². The SMILES string of the molecule is CC(C)N(Cc1cnc(S(=O)(=O)Cc2ccc(F)cc2)n1C[C@H]1CCCO1)C(=O)c1ccccc1. The van der Waals surface area contributed by atoms with Gasteiger partial charge in [0.1, 0.15) is 5.82 Å². The number of sulfone groups is 1. The molecule has 3 aromatic rings. The quantitative estimate of drug-likeness (QED) is 0.440. The number of hydrogen-bond acceptors (Lipinski definition) is 5. The Kier molecular flexibility index (Phi) is 7.66. The van der Waals surface area contributed by atoms with Gasteiger partial charge in [-0.1, -0.05) is 30.3 Å². The number of hydrogen-bond donors (Lipinski definition) is 0. The lowest BCUT2D eigenvalue weighted by atomic mass is 10.1. The van der Waals surface area contributed by atoms with Crippen LogP contribution in [0.4, 0.5) is 4.39 Å². The van der Waals surface area contributed by atoms with E-state index in [1.54, 1.807) is 21.6 Å². The highest BCUT2D eigenvalue weighted by molar-refractivity contribution is 7.90. The first-order valence-corrected chi connectivity index (χ1v) is 13.4. The van der Waals surface area contributed by atoms with E-state index in [1.807, 2.05) is 32.0 Å². The van der Waals surface area contributed by atoms with Crippen molar-refractivity contribution in [2.24, 2.45) is 0 Å². The Balaban J connectivity index is 1.67. The van der Waals surface area contributed by atoms with E-state index in [1.165, 1.54) is 30.5 Å². The van der Waals surface area contributed by atoms with Gasteiger partial charge in [0.25, 0.3) is 5.91 Å². The molecule has 0 bridgehead atoms. The Morgan fingerprint density at radius 2 is 1.89 bits per heavy atom. The highest BCUT2D eigenvalue weighted by Gasteiger charge is 2.29. The highest BCUT2D eigenvalue weighted by Crippen LogP contribution is 2.23. The summed E-state index contributed by atoms with van der Waals surface area (Å²) in [6.45, 7) is 5.02. The normalized spacial score (nSPS) is 16.1. The van der Waals surface area contributed by atoms with Gasteiger partial charge in [0, 0.05) is 18.2 Å². The molecule has 4 rings (SSSR count). The summed E-state index contributed by atoms with van der Waals surface area (Å²) in [4.78, 5) is 19.2. The molecule has 1 aliphatic rings. The van der Waals surface area contributed by atoms with E-state index in [0.717, 1.165) is 12.8 Å². The van der Waals surface area contributed by atoms with Gasteiger partial charge < -0.3 is 14.2 Å². The van der Waals surface area contributed by atoms with Crippen molar-refractivity contribution in [2.75, 3.05) is 6.61 Å². The van der Waals surface area contributed by atoms with Crippen LogP contribution in [0.15, 0.2) is 66.0 Å². The van der Waals surface area contributed by atoms with E-state index in [2.05, 4.69) is 4.98 Å². The number of rotatable bonds is 9. The summed E-state index contributed by atoms with van der Waals surface area (Å²) >= 11 is 0. The van der Waals surface area contributed by atoms with Crippen molar-refractivity contribution in [2.45, 2.75) is 62.8 Å². The molecule has 1 amide bonds. The Bertz CT molecular complexity index is 1250. The standard InChI is InChI=1S/C26H30FN3O4S/c1-19(2)29(25(31)21-7-4-3-5-8-21)16-23-15-28-26(30(23)17-24-9-6-14-34-24)35(32,33)18-20-10-12-22(27)13-11-20/h3-5,7-8,10-13,15,19,24H,6,9,14,16-18H2,1-2H3/t24-/m1/s1. The van der Waals surface area contributed by atoms with Gasteiger partial charge in [0.05, 0.1) is 36.8 Å². The first kappa shape index (κ1) is 25.1. The molecule has 1 atom stereocenters. The van der Waals surface area contributed by atoms with Crippen LogP contribution >= 0.6 is 0 Å². The predicted molar refractivity (Wildman–Crippen MR) is 130 cm³/mol. The van der Waals surface area contributed by atoms with Crippen LogP contribution in [0.5, 0.6) is 0 Å². The third kappa shape index (κ3) is 5.97. The van der Waals surface area contributed by atoms with Crippen LogP contribution in [0, 0.1) is 5.82 Å². The maximum atomic E-state index is 13.4. The second-order valence-electron chi connectivity index (χ2n) is 9.06. The van der Waals surface area contributed by atoms with Crippen LogP contribution in [0.2, 0.25) is 0 Å². The third-order valence-corrected chi connectivity index (χ3v) is 7.69. The van der Waals surface area contributed by atoms with Crippen LogP contribution < -0.4 is 0 Å². The molecule has 35 heavy (non-hydrogen) atoms. The molecule has 1 saturated heterocycles. The molecule has 0 radical (unpaired) electrons. The molecule has 7 nitrogen and oxygen atoms in total. The first-order valence-electron chi connectivity index (χ1n) is 11.7. The summed E-state index contributed by atoms with van der Waals surface area (Å²) in [5, 5.41) is -0.0665. The van der Waals surface area contributed by atoms with Gasteiger partial charge >= 0.3 is 0 Å². The fourth-order valence-corrected chi connectivity index (χ4v) is 5.73. The molecule has 2 aromatic carbocycles. The van der Waals surface area contributed by atoms with Crippen molar-refractivity contribution >= 4 is 15.7 Å². The second kappa shape index (κ2) is 10.7. The zero-order valence-electron chi connectivity index (χ0n) is 19.9. The minimum atomic E-state index is -3.84. The molecule has 1 aromatic heterocycles. The summed E-state index contributed by atoms with van der Waals surface area (Å²) in [5.74, 6) is -0.863.